The third kappa shape index (κ3) is 5.73. The number of sulfonamides is 1. The second-order valence-electron chi connectivity index (χ2n) is 6.72. The summed E-state index contributed by atoms with van der Waals surface area (Å²) in [5.41, 5.74) is 2.25. The molecule has 2 rings (SSSR count). The monoisotopic (exact) mass is 404 g/mol. The number of ether oxygens (including phenoxy) is 1. The number of carbonyl (C=O) groups is 1. The SMILES string of the molecule is CCCCc1ccc(NC(=O)C(C)N(c2ccc(OC)cc2)S(C)(=O)=O)cc1. The van der Waals surface area contributed by atoms with Gasteiger partial charge in [0.15, 0.2) is 0 Å². The van der Waals surface area contributed by atoms with Crippen molar-refractivity contribution in [1.29, 1.82) is 0 Å². The van der Waals surface area contributed by atoms with Gasteiger partial charge in [0, 0.05) is 5.69 Å². The van der Waals surface area contributed by atoms with E-state index in [9.17, 15) is 13.2 Å². The van der Waals surface area contributed by atoms with Crippen LogP contribution in [0, 0.1) is 0 Å². The molecule has 1 atom stereocenters. The molecule has 28 heavy (non-hydrogen) atoms. The Morgan fingerprint density at radius 2 is 1.71 bits per heavy atom. The van der Waals surface area contributed by atoms with Gasteiger partial charge in [-0.2, -0.15) is 0 Å². The van der Waals surface area contributed by atoms with Crippen molar-refractivity contribution in [2.75, 3.05) is 23.0 Å². The molecule has 0 aliphatic heterocycles. The number of carbonyl (C=O) groups excluding carboxylic acids is 1. The lowest BCUT2D eigenvalue weighted by Crippen LogP contribution is -2.45. The molecule has 2 aromatic carbocycles. The highest BCUT2D eigenvalue weighted by molar-refractivity contribution is 7.92. The van der Waals surface area contributed by atoms with Crippen molar-refractivity contribution >= 4 is 27.3 Å². The molecule has 0 spiro atoms. The van der Waals surface area contributed by atoms with Crippen LogP contribution in [0.15, 0.2) is 48.5 Å². The highest BCUT2D eigenvalue weighted by atomic mass is 32.2. The van der Waals surface area contributed by atoms with E-state index in [4.69, 9.17) is 4.74 Å². The molecule has 0 aliphatic carbocycles. The summed E-state index contributed by atoms with van der Waals surface area (Å²) in [5, 5.41) is 2.80. The minimum Gasteiger partial charge on any atom is -0.497 e. The van der Waals surface area contributed by atoms with Gasteiger partial charge >= 0.3 is 0 Å². The number of anilines is 2. The van der Waals surface area contributed by atoms with Crippen molar-refractivity contribution in [2.24, 2.45) is 0 Å². The average molecular weight is 405 g/mol. The standard InChI is InChI=1S/C21H28N2O4S/c1-5-6-7-17-8-10-18(11-9-17)22-21(24)16(2)23(28(4,25)26)19-12-14-20(27-3)15-13-19/h8-16H,5-7H2,1-4H3,(H,22,24). The van der Waals surface area contributed by atoms with E-state index in [-0.39, 0.29) is 0 Å². The number of benzene rings is 2. The lowest BCUT2D eigenvalue weighted by molar-refractivity contribution is -0.116. The van der Waals surface area contributed by atoms with Gasteiger partial charge in [-0.05, 0) is 61.7 Å². The maximum absolute atomic E-state index is 12.7. The first-order chi connectivity index (χ1) is 13.3. The molecule has 0 fully saturated rings. The van der Waals surface area contributed by atoms with Crippen molar-refractivity contribution < 1.29 is 17.9 Å². The van der Waals surface area contributed by atoms with Crippen LogP contribution in [0.4, 0.5) is 11.4 Å². The quantitative estimate of drug-likeness (QED) is 0.689. The van der Waals surface area contributed by atoms with Crippen molar-refractivity contribution in [3.8, 4) is 5.75 Å². The van der Waals surface area contributed by atoms with Crippen LogP contribution in [0.5, 0.6) is 5.75 Å². The minimum atomic E-state index is -3.66. The van der Waals surface area contributed by atoms with Crippen LogP contribution in [0.2, 0.25) is 0 Å². The Morgan fingerprint density at radius 3 is 2.21 bits per heavy atom. The van der Waals surface area contributed by atoms with E-state index in [1.54, 1.807) is 31.2 Å². The van der Waals surface area contributed by atoms with Gasteiger partial charge in [-0.3, -0.25) is 9.10 Å². The van der Waals surface area contributed by atoms with E-state index in [0.717, 1.165) is 29.8 Å². The second kappa shape index (κ2) is 9.59. The second-order valence-corrected chi connectivity index (χ2v) is 8.58. The minimum absolute atomic E-state index is 0.400. The first kappa shape index (κ1) is 21.8. The Hall–Kier alpha value is -2.54. The zero-order chi connectivity index (χ0) is 20.7. The number of rotatable bonds is 9. The maximum Gasteiger partial charge on any atom is 0.247 e. The van der Waals surface area contributed by atoms with Gasteiger partial charge in [0.25, 0.3) is 0 Å². The Labute approximate surface area is 167 Å². The molecule has 6 nitrogen and oxygen atoms in total. The summed E-state index contributed by atoms with van der Waals surface area (Å²) in [7, 11) is -2.12. The van der Waals surface area contributed by atoms with Gasteiger partial charge in [-0.25, -0.2) is 8.42 Å². The van der Waals surface area contributed by atoms with Crippen LogP contribution in [-0.4, -0.2) is 33.7 Å². The molecule has 0 bridgehead atoms. The lowest BCUT2D eigenvalue weighted by atomic mass is 10.1. The van der Waals surface area contributed by atoms with Gasteiger partial charge in [0.05, 0.1) is 19.1 Å². The molecule has 0 saturated carbocycles. The van der Waals surface area contributed by atoms with Crippen LogP contribution in [0.1, 0.15) is 32.3 Å². The van der Waals surface area contributed by atoms with Crippen LogP contribution >= 0.6 is 0 Å². The molecule has 0 heterocycles. The summed E-state index contributed by atoms with van der Waals surface area (Å²) in [6.45, 7) is 3.71. The van der Waals surface area contributed by atoms with Crippen LogP contribution < -0.4 is 14.4 Å². The first-order valence-electron chi connectivity index (χ1n) is 9.29. The summed E-state index contributed by atoms with van der Waals surface area (Å²) in [5.74, 6) is 0.208. The topological polar surface area (TPSA) is 75.7 Å². The van der Waals surface area contributed by atoms with Gasteiger partial charge in [0.2, 0.25) is 15.9 Å². The number of hydrogen-bond acceptors (Lipinski definition) is 4. The molecule has 0 saturated heterocycles. The summed E-state index contributed by atoms with van der Waals surface area (Å²) >= 11 is 0. The molecule has 0 radical (unpaired) electrons. The zero-order valence-corrected chi connectivity index (χ0v) is 17.6. The zero-order valence-electron chi connectivity index (χ0n) is 16.8. The fraction of sp³-hybridized carbons (Fsp3) is 0.381. The van der Waals surface area contributed by atoms with E-state index in [1.165, 1.54) is 12.7 Å². The number of aryl methyl sites for hydroxylation is 1. The van der Waals surface area contributed by atoms with E-state index in [1.807, 2.05) is 24.3 Å². The van der Waals surface area contributed by atoms with E-state index >= 15 is 0 Å². The van der Waals surface area contributed by atoms with Crippen molar-refractivity contribution in [1.82, 2.24) is 0 Å². The molecule has 7 heteroatoms. The number of nitrogens with one attached hydrogen (secondary N) is 1. The Morgan fingerprint density at radius 1 is 1.11 bits per heavy atom. The summed E-state index contributed by atoms with van der Waals surface area (Å²) in [6.07, 6.45) is 4.33. The summed E-state index contributed by atoms with van der Waals surface area (Å²) in [6, 6.07) is 13.3. The highest BCUT2D eigenvalue weighted by Crippen LogP contribution is 2.24. The van der Waals surface area contributed by atoms with E-state index < -0.39 is 22.0 Å². The summed E-state index contributed by atoms with van der Waals surface area (Å²) in [4.78, 5) is 12.7. The van der Waals surface area contributed by atoms with Crippen LogP contribution in [-0.2, 0) is 21.2 Å². The molecule has 1 unspecified atom stereocenters. The predicted octanol–water partition coefficient (Wildman–Crippen LogP) is 3.83. The third-order valence-corrected chi connectivity index (χ3v) is 5.70. The van der Waals surface area contributed by atoms with Crippen molar-refractivity contribution in [3.05, 3.63) is 54.1 Å². The molecule has 2 aromatic rings. The maximum atomic E-state index is 12.7. The van der Waals surface area contributed by atoms with Crippen LogP contribution in [0.3, 0.4) is 0 Å². The number of amides is 1. The fourth-order valence-electron chi connectivity index (χ4n) is 2.92. The Kier molecular flexibility index (Phi) is 7.45. The normalized spacial score (nSPS) is 12.3. The Balaban J connectivity index is 2.17. The number of nitrogens with zero attached hydrogens (tertiary/aromatic N) is 1. The molecule has 1 amide bonds. The molecule has 0 aromatic heterocycles. The highest BCUT2D eigenvalue weighted by Gasteiger charge is 2.29. The number of hydrogen-bond donors (Lipinski definition) is 1. The number of unbranched alkanes of at least 4 members (excludes halogenated alkanes) is 1. The molecule has 152 valence electrons. The van der Waals surface area contributed by atoms with Gasteiger partial charge < -0.3 is 10.1 Å². The largest absolute Gasteiger partial charge is 0.497 e. The molecular weight excluding hydrogens is 376 g/mol. The fourth-order valence-corrected chi connectivity index (χ4v) is 4.10. The van der Waals surface area contributed by atoms with E-state index in [0.29, 0.717) is 17.1 Å². The van der Waals surface area contributed by atoms with Crippen LogP contribution in [0.25, 0.3) is 0 Å². The van der Waals surface area contributed by atoms with Crippen molar-refractivity contribution in [2.45, 2.75) is 39.2 Å². The summed E-state index contributed by atoms with van der Waals surface area (Å²) < 4.78 is 30.9. The van der Waals surface area contributed by atoms with Gasteiger partial charge in [-0.1, -0.05) is 25.5 Å². The van der Waals surface area contributed by atoms with Gasteiger partial charge in [-0.15, -0.1) is 0 Å². The van der Waals surface area contributed by atoms with Gasteiger partial charge in [0.1, 0.15) is 11.8 Å². The Bertz CT molecular complexity index is 878. The third-order valence-electron chi connectivity index (χ3n) is 4.46. The first-order valence-corrected chi connectivity index (χ1v) is 11.1. The lowest BCUT2D eigenvalue weighted by Gasteiger charge is -2.28. The smallest absolute Gasteiger partial charge is 0.247 e. The van der Waals surface area contributed by atoms with E-state index in [2.05, 4.69) is 12.2 Å². The average Bonchev–Trinajstić information content (AvgIpc) is 2.67. The molecule has 0 aliphatic rings. The predicted molar refractivity (Wildman–Crippen MR) is 113 cm³/mol. The number of methoxy groups -OCH3 is 1. The molecule has 1 N–H and O–H groups in total. The molecular formula is C21H28N2O4S. The van der Waals surface area contributed by atoms with Crippen molar-refractivity contribution in [3.63, 3.8) is 0 Å².